The molecule has 1 heterocycles. The molecule has 0 aliphatic rings. The van der Waals surface area contributed by atoms with E-state index in [1.54, 1.807) is 0 Å². The second-order valence-electron chi connectivity index (χ2n) is 4.63. The molecule has 0 saturated heterocycles. The van der Waals surface area contributed by atoms with Gasteiger partial charge in [-0.25, -0.2) is 0 Å². The van der Waals surface area contributed by atoms with Gasteiger partial charge in [0.15, 0.2) is 5.82 Å². The molecule has 6 heteroatoms. The van der Waals surface area contributed by atoms with Gasteiger partial charge in [-0.15, -0.1) is 0 Å². The minimum Gasteiger partial charge on any atom is -0.394 e. The highest BCUT2D eigenvalue weighted by atomic mass is 79.9. The largest absolute Gasteiger partial charge is 0.394 e. The molecule has 0 saturated carbocycles. The summed E-state index contributed by atoms with van der Waals surface area (Å²) in [4.78, 5) is 6.29. The summed E-state index contributed by atoms with van der Waals surface area (Å²) < 4.78 is 6.09. The van der Waals surface area contributed by atoms with E-state index < -0.39 is 0 Å². The zero-order chi connectivity index (χ0) is 14.5. The molecule has 0 bridgehead atoms. The highest BCUT2D eigenvalue weighted by Crippen LogP contribution is 2.23. The first-order valence-corrected chi connectivity index (χ1v) is 7.31. The molecule has 1 unspecified atom stereocenters. The van der Waals surface area contributed by atoms with Crippen LogP contribution in [0.1, 0.15) is 30.2 Å². The lowest BCUT2D eigenvalue weighted by Crippen LogP contribution is -2.27. The van der Waals surface area contributed by atoms with E-state index in [0.29, 0.717) is 18.3 Å². The molecule has 0 amide bonds. The molecular formula is C14H18BrN3O2. The number of benzene rings is 1. The Morgan fingerprint density at radius 2 is 2.25 bits per heavy atom. The summed E-state index contributed by atoms with van der Waals surface area (Å²) in [5.41, 5.74) is 1.04. The highest BCUT2D eigenvalue weighted by molar-refractivity contribution is 9.10. The van der Waals surface area contributed by atoms with E-state index in [9.17, 15) is 5.11 Å². The number of nitrogens with zero attached hydrogens (tertiary/aromatic N) is 3. The van der Waals surface area contributed by atoms with Crippen molar-refractivity contribution in [3.05, 3.63) is 46.0 Å². The fourth-order valence-corrected chi connectivity index (χ4v) is 2.46. The van der Waals surface area contributed by atoms with Crippen LogP contribution in [0.25, 0.3) is 0 Å². The first-order valence-electron chi connectivity index (χ1n) is 6.52. The van der Waals surface area contributed by atoms with Crippen molar-refractivity contribution in [2.24, 2.45) is 0 Å². The smallest absolute Gasteiger partial charge is 0.226 e. The topological polar surface area (TPSA) is 62.4 Å². The van der Waals surface area contributed by atoms with Crippen LogP contribution in [0.5, 0.6) is 0 Å². The Bertz CT molecular complexity index is 559. The van der Waals surface area contributed by atoms with Gasteiger partial charge < -0.3 is 9.63 Å². The Labute approximate surface area is 126 Å². The van der Waals surface area contributed by atoms with Crippen LogP contribution >= 0.6 is 15.9 Å². The van der Waals surface area contributed by atoms with Crippen LogP contribution in [-0.2, 0) is 13.0 Å². The number of aliphatic hydroxyl groups excluding tert-OH is 1. The zero-order valence-electron chi connectivity index (χ0n) is 11.6. The van der Waals surface area contributed by atoms with Crippen LogP contribution in [0.15, 0.2) is 33.3 Å². The van der Waals surface area contributed by atoms with Crippen LogP contribution in [0.2, 0.25) is 0 Å². The van der Waals surface area contributed by atoms with Gasteiger partial charge in [0.25, 0.3) is 0 Å². The third-order valence-electron chi connectivity index (χ3n) is 3.14. The second kappa shape index (κ2) is 6.97. The van der Waals surface area contributed by atoms with Crippen molar-refractivity contribution >= 4 is 15.9 Å². The predicted molar refractivity (Wildman–Crippen MR) is 79.1 cm³/mol. The van der Waals surface area contributed by atoms with Crippen molar-refractivity contribution in [3.8, 4) is 0 Å². The van der Waals surface area contributed by atoms with Crippen LogP contribution in [-0.4, -0.2) is 33.8 Å². The van der Waals surface area contributed by atoms with Gasteiger partial charge in [0.2, 0.25) is 5.89 Å². The Morgan fingerprint density at radius 1 is 1.45 bits per heavy atom. The third kappa shape index (κ3) is 3.65. The lowest BCUT2D eigenvalue weighted by molar-refractivity contribution is 0.139. The lowest BCUT2D eigenvalue weighted by Gasteiger charge is -2.25. The summed E-state index contributed by atoms with van der Waals surface area (Å²) in [6, 6.07) is 7.82. The van der Waals surface area contributed by atoms with Gasteiger partial charge in [-0.1, -0.05) is 40.1 Å². The van der Waals surface area contributed by atoms with Crippen LogP contribution in [0.3, 0.4) is 0 Å². The fourth-order valence-electron chi connectivity index (χ4n) is 2.04. The molecule has 0 radical (unpaired) electrons. The molecule has 1 aromatic carbocycles. The number of hydrogen-bond donors (Lipinski definition) is 1. The molecule has 108 valence electrons. The van der Waals surface area contributed by atoms with Crippen molar-refractivity contribution < 1.29 is 9.63 Å². The SMILES string of the molecule is CCc1nc(CN(C)C(CO)c2cccc(Br)c2)no1. The maximum Gasteiger partial charge on any atom is 0.226 e. The molecule has 5 nitrogen and oxygen atoms in total. The number of likely N-dealkylation sites (N-methyl/N-ethyl adjacent to an activating group) is 1. The van der Waals surface area contributed by atoms with Crippen LogP contribution in [0.4, 0.5) is 0 Å². The number of halogens is 1. The van der Waals surface area contributed by atoms with Crippen molar-refractivity contribution in [1.29, 1.82) is 0 Å². The summed E-state index contributed by atoms with van der Waals surface area (Å²) in [6.45, 7) is 2.53. The predicted octanol–water partition coefficient (Wildman–Crippen LogP) is 2.56. The van der Waals surface area contributed by atoms with Crippen LogP contribution < -0.4 is 0 Å². The van der Waals surface area contributed by atoms with E-state index in [1.165, 1.54) is 0 Å². The Balaban J connectivity index is 2.10. The normalized spacial score (nSPS) is 12.8. The first-order chi connectivity index (χ1) is 9.63. The molecule has 2 rings (SSSR count). The number of hydrogen-bond acceptors (Lipinski definition) is 5. The van der Waals surface area contributed by atoms with E-state index in [1.807, 2.05) is 43.1 Å². The summed E-state index contributed by atoms with van der Waals surface area (Å²) >= 11 is 3.45. The number of aromatic nitrogens is 2. The van der Waals surface area contributed by atoms with Gasteiger partial charge in [0, 0.05) is 10.9 Å². The molecule has 0 spiro atoms. The van der Waals surface area contributed by atoms with E-state index in [2.05, 4.69) is 26.1 Å². The van der Waals surface area contributed by atoms with Gasteiger partial charge in [-0.05, 0) is 24.7 Å². The molecular weight excluding hydrogens is 322 g/mol. The number of aliphatic hydroxyl groups is 1. The Hall–Kier alpha value is -1.24. The molecule has 0 aliphatic heterocycles. The summed E-state index contributed by atoms with van der Waals surface area (Å²) in [6.07, 6.45) is 0.728. The monoisotopic (exact) mass is 339 g/mol. The highest BCUT2D eigenvalue weighted by Gasteiger charge is 2.18. The summed E-state index contributed by atoms with van der Waals surface area (Å²) in [5.74, 6) is 1.27. The van der Waals surface area contributed by atoms with Crippen molar-refractivity contribution in [2.45, 2.75) is 25.9 Å². The van der Waals surface area contributed by atoms with E-state index in [4.69, 9.17) is 4.52 Å². The minimum absolute atomic E-state index is 0.0332. The summed E-state index contributed by atoms with van der Waals surface area (Å²) in [5, 5.41) is 13.6. The van der Waals surface area contributed by atoms with E-state index >= 15 is 0 Å². The quantitative estimate of drug-likeness (QED) is 0.876. The molecule has 1 atom stereocenters. The Morgan fingerprint density at radius 3 is 2.85 bits per heavy atom. The Kier molecular flexibility index (Phi) is 5.28. The minimum atomic E-state index is -0.101. The standard InChI is InChI=1S/C14H18BrN3O2/c1-3-14-16-13(17-20-14)8-18(2)12(9-19)10-5-4-6-11(15)7-10/h4-7,12,19H,3,8-9H2,1-2H3. The molecule has 0 aliphatic carbocycles. The summed E-state index contributed by atoms with van der Waals surface area (Å²) in [7, 11) is 1.93. The second-order valence-corrected chi connectivity index (χ2v) is 5.54. The average Bonchev–Trinajstić information content (AvgIpc) is 2.87. The maximum absolute atomic E-state index is 9.65. The van der Waals surface area contributed by atoms with E-state index in [0.717, 1.165) is 16.5 Å². The van der Waals surface area contributed by atoms with Crippen molar-refractivity contribution in [1.82, 2.24) is 15.0 Å². The van der Waals surface area contributed by atoms with Gasteiger partial charge in [0.05, 0.1) is 19.2 Å². The molecule has 1 N–H and O–H groups in total. The lowest BCUT2D eigenvalue weighted by atomic mass is 10.1. The fraction of sp³-hybridized carbons (Fsp3) is 0.429. The number of rotatable bonds is 6. The molecule has 0 fully saturated rings. The van der Waals surface area contributed by atoms with Gasteiger partial charge in [-0.2, -0.15) is 4.98 Å². The van der Waals surface area contributed by atoms with Crippen LogP contribution in [0, 0.1) is 0 Å². The first kappa shape index (κ1) is 15.2. The van der Waals surface area contributed by atoms with Gasteiger partial charge >= 0.3 is 0 Å². The molecule has 1 aromatic heterocycles. The van der Waals surface area contributed by atoms with Gasteiger partial charge in [0.1, 0.15) is 0 Å². The van der Waals surface area contributed by atoms with Gasteiger partial charge in [-0.3, -0.25) is 4.90 Å². The van der Waals surface area contributed by atoms with Crippen molar-refractivity contribution in [3.63, 3.8) is 0 Å². The number of aryl methyl sites for hydroxylation is 1. The molecule has 2 aromatic rings. The van der Waals surface area contributed by atoms with E-state index in [-0.39, 0.29) is 12.6 Å². The zero-order valence-corrected chi connectivity index (χ0v) is 13.2. The average molecular weight is 340 g/mol. The molecule has 20 heavy (non-hydrogen) atoms. The van der Waals surface area contributed by atoms with Crippen molar-refractivity contribution in [2.75, 3.05) is 13.7 Å². The third-order valence-corrected chi connectivity index (χ3v) is 3.64. The maximum atomic E-state index is 9.65.